The van der Waals surface area contributed by atoms with Crippen molar-refractivity contribution in [3.8, 4) is 0 Å². The highest BCUT2D eigenvalue weighted by Crippen LogP contribution is 2.31. The third-order valence-corrected chi connectivity index (χ3v) is 7.77. The summed E-state index contributed by atoms with van der Waals surface area (Å²) in [7, 11) is 0. The zero-order valence-electron chi connectivity index (χ0n) is 18.3. The van der Waals surface area contributed by atoms with Crippen LogP contribution in [0, 0.1) is 17.8 Å². The van der Waals surface area contributed by atoms with Gasteiger partial charge in [-0.3, -0.25) is 9.59 Å². The first-order valence-corrected chi connectivity index (χ1v) is 12.3. The molecule has 164 valence electrons. The molecule has 0 saturated heterocycles. The lowest BCUT2D eigenvalue weighted by Crippen LogP contribution is -2.46. The quantitative estimate of drug-likeness (QED) is 0.680. The summed E-state index contributed by atoms with van der Waals surface area (Å²) in [5.41, 5.74) is 1.31. The van der Waals surface area contributed by atoms with E-state index in [9.17, 15) is 9.59 Å². The van der Waals surface area contributed by atoms with Crippen LogP contribution in [0.25, 0.3) is 0 Å². The lowest BCUT2D eigenvalue weighted by atomic mass is 9.84. The van der Waals surface area contributed by atoms with Gasteiger partial charge in [0, 0.05) is 23.9 Å². The Labute approximate surface area is 181 Å². The topological polar surface area (TPSA) is 58.2 Å². The van der Waals surface area contributed by atoms with Crippen molar-refractivity contribution in [1.29, 1.82) is 0 Å². The Morgan fingerprint density at radius 3 is 2.03 bits per heavy atom. The van der Waals surface area contributed by atoms with Crippen molar-refractivity contribution in [2.75, 3.05) is 0 Å². The predicted molar refractivity (Wildman–Crippen MR) is 120 cm³/mol. The van der Waals surface area contributed by atoms with Crippen molar-refractivity contribution in [1.82, 2.24) is 10.6 Å². The van der Waals surface area contributed by atoms with Gasteiger partial charge in [0.2, 0.25) is 11.8 Å². The van der Waals surface area contributed by atoms with Crippen molar-refractivity contribution >= 4 is 11.8 Å². The van der Waals surface area contributed by atoms with Gasteiger partial charge in [0.25, 0.3) is 0 Å². The monoisotopic (exact) mass is 410 g/mol. The number of rotatable bonds is 7. The first-order chi connectivity index (χ1) is 14.7. The van der Waals surface area contributed by atoms with Crippen LogP contribution in [0.2, 0.25) is 0 Å². The molecule has 4 nitrogen and oxygen atoms in total. The van der Waals surface area contributed by atoms with Gasteiger partial charge < -0.3 is 10.6 Å². The van der Waals surface area contributed by atoms with Gasteiger partial charge in [-0.15, -0.1) is 0 Å². The minimum absolute atomic E-state index is 0.101. The molecule has 3 saturated carbocycles. The fraction of sp³-hybridized carbons (Fsp3) is 0.692. The highest BCUT2D eigenvalue weighted by Gasteiger charge is 2.32. The molecule has 4 heteroatoms. The fourth-order valence-corrected chi connectivity index (χ4v) is 5.87. The van der Waals surface area contributed by atoms with E-state index in [1.165, 1.54) is 44.1 Å². The van der Waals surface area contributed by atoms with Crippen LogP contribution in [0.1, 0.15) is 82.6 Å². The average molecular weight is 411 g/mol. The van der Waals surface area contributed by atoms with Crippen LogP contribution in [-0.4, -0.2) is 23.9 Å². The number of amides is 2. The van der Waals surface area contributed by atoms with E-state index in [1.54, 1.807) is 0 Å². The number of hydrogen-bond donors (Lipinski definition) is 2. The minimum Gasteiger partial charge on any atom is -0.353 e. The molecule has 1 unspecified atom stereocenters. The van der Waals surface area contributed by atoms with E-state index in [0.29, 0.717) is 5.92 Å². The van der Waals surface area contributed by atoms with Crippen LogP contribution in [-0.2, 0) is 16.0 Å². The molecule has 1 aromatic carbocycles. The second-order valence-electron chi connectivity index (χ2n) is 9.89. The lowest BCUT2D eigenvalue weighted by Gasteiger charge is -2.32. The summed E-state index contributed by atoms with van der Waals surface area (Å²) in [6.07, 6.45) is 14.1. The molecule has 30 heavy (non-hydrogen) atoms. The molecule has 0 bridgehead atoms. The molecule has 0 radical (unpaired) electrons. The van der Waals surface area contributed by atoms with Crippen LogP contribution in [0.15, 0.2) is 30.3 Å². The molecule has 0 spiro atoms. The first-order valence-electron chi connectivity index (χ1n) is 12.3. The van der Waals surface area contributed by atoms with E-state index < -0.39 is 0 Å². The number of benzene rings is 1. The Hall–Kier alpha value is -1.84. The first kappa shape index (κ1) is 21.4. The number of carbonyl (C=O) groups excluding carboxylic acids is 2. The highest BCUT2D eigenvalue weighted by atomic mass is 16.2. The average Bonchev–Trinajstić information content (AvgIpc) is 3.49. The Morgan fingerprint density at radius 1 is 0.767 bits per heavy atom. The summed E-state index contributed by atoms with van der Waals surface area (Å²) in [5.74, 6) is 1.43. The van der Waals surface area contributed by atoms with Crippen molar-refractivity contribution in [2.45, 2.75) is 95.6 Å². The minimum atomic E-state index is 0.101. The van der Waals surface area contributed by atoms with Crippen molar-refractivity contribution in [3.63, 3.8) is 0 Å². The van der Waals surface area contributed by atoms with E-state index in [2.05, 4.69) is 41.0 Å². The summed E-state index contributed by atoms with van der Waals surface area (Å²) < 4.78 is 0. The van der Waals surface area contributed by atoms with Crippen LogP contribution in [0.3, 0.4) is 0 Å². The zero-order valence-corrected chi connectivity index (χ0v) is 18.3. The summed E-state index contributed by atoms with van der Waals surface area (Å²) >= 11 is 0. The molecule has 3 fully saturated rings. The standard InChI is InChI=1S/C26H38N2O2/c29-25(21-12-6-7-13-21)27-23-16-14-22(15-17-23)26(30)28-24(20-10-4-5-11-20)18-19-8-2-1-3-9-19/h1-3,8-9,20-24H,4-7,10-18H2,(H,27,29)(H,28,30). The number of nitrogens with one attached hydrogen (secondary N) is 2. The van der Waals surface area contributed by atoms with Crippen LogP contribution in [0.4, 0.5) is 0 Å². The van der Waals surface area contributed by atoms with Gasteiger partial charge in [-0.1, -0.05) is 56.0 Å². The SMILES string of the molecule is O=C(NC1CCC(C(=O)NC(Cc2ccccc2)C2CCCC2)CC1)C1CCCC1. The Balaban J connectivity index is 1.27. The van der Waals surface area contributed by atoms with Gasteiger partial charge in [-0.25, -0.2) is 0 Å². The second kappa shape index (κ2) is 10.5. The Bertz CT molecular complexity index is 684. The maximum Gasteiger partial charge on any atom is 0.223 e. The molecular weight excluding hydrogens is 372 g/mol. The molecule has 4 rings (SSSR count). The van der Waals surface area contributed by atoms with E-state index >= 15 is 0 Å². The third kappa shape index (κ3) is 5.65. The fourth-order valence-electron chi connectivity index (χ4n) is 5.87. The molecular formula is C26H38N2O2. The van der Waals surface area contributed by atoms with Gasteiger partial charge in [0.1, 0.15) is 0 Å². The number of carbonyl (C=O) groups is 2. The third-order valence-electron chi connectivity index (χ3n) is 7.77. The Morgan fingerprint density at radius 2 is 1.37 bits per heavy atom. The van der Waals surface area contributed by atoms with Crippen molar-refractivity contribution < 1.29 is 9.59 Å². The molecule has 0 heterocycles. The highest BCUT2D eigenvalue weighted by molar-refractivity contribution is 5.80. The Kier molecular flexibility index (Phi) is 7.46. The van der Waals surface area contributed by atoms with Crippen molar-refractivity contribution in [3.05, 3.63) is 35.9 Å². The van der Waals surface area contributed by atoms with Gasteiger partial charge in [-0.2, -0.15) is 0 Å². The summed E-state index contributed by atoms with van der Waals surface area (Å²) in [6, 6.07) is 11.1. The van der Waals surface area contributed by atoms with Gasteiger partial charge in [0.15, 0.2) is 0 Å². The summed E-state index contributed by atoms with van der Waals surface area (Å²) in [6.45, 7) is 0. The second-order valence-corrected chi connectivity index (χ2v) is 9.89. The lowest BCUT2D eigenvalue weighted by molar-refractivity contribution is -0.127. The molecule has 3 aliphatic rings. The molecule has 0 aromatic heterocycles. The maximum atomic E-state index is 13.1. The van der Waals surface area contributed by atoms with Crippen LogP contribution >= 0.6 is 0 Å². The smallest absolute Gasteiger partial charge is 0.223 e. The normalized spacial score (nSPS) is 26.4. The molecule has 2 amide bonds. The molecule has 1 aromatic rings. The molecule has 3 aliphatic carbocycles. The van der Waals surface area contributed by atoms with Gasteiger partial charge in [-0.05, 0) is 69.3 Å². The maximum absolute atomic E-state index is 13.1. The van der Waals surface area contributed by atoms with Gasteiger partial charge >= 0.3 is 0 Å². The van der Waals surface area contributed by atoms with E-state index in [-0.39, 0.29) is 35.7 Å². The summed E-state index contributed by atoms with van der Waals surface area (Å²) in [5, 5.41) is 6.72. The van der Waals surface area contributed by atoms with E-state index in [0.717, 1.165) is 44.9 Å². The predicted octanol–water partition coefficient (Wildman–Crippen LogP) is 4.77. The van der Waals surface area contributed by atoms with E-state index in [1.807, 2.05) is 0 Å². The van der Waals surface area contributed by atoms with Crippen LogP contribution in [0.5, 0.6) is 0 Å². The zero-order chi connectivity index (χ0) is 20.8. The molecule has 0 aliphatic heterocycles. The largest absolute Gasteiger partial charge is 0.353 e. The van der Waals surface area contributed by atoms with E-state index in [4.69, 9.17) is 0 Å². The molecule has 1 atom stereocenters. The van der Waals surface area contributed by atoms with Crippen molar-refractivity contribution in [2.24, 2.45) is 17.8 Å². The molecule has 2 N–H and O–H groups in total. The summed E-state index contributed by atoms with van der Waals surface area (Å²) in [4.78, 5) is 25.5. The number of hydrogen-bond acceptors (Lipinski definition) is 2. The van der Waals surface area contributed by atoms with Crippen LogP contribution < -0.4 is 10.6 Å². The van der Waals surface area contributed by atoms with Gasteiger partial charge in [0.05, 0.1) is 0 Å².